The third kappa shape index (κ3) is 3.72. The van der Waals surface area contributed by atoms with E-state index in [2.05, 4.69) is 0 Å². The molecule has 5 heteroatoms. The number of esters is 1. The molecule has 2 atom stereocenters. The molecular formula is C13H19NO4. The molecule has 0 aliphatic heterocycles. The molecule has 0 saturated heterocycles. The minimum atomic E-state index is -1.20. The Morgan fingerprint density at radius 3 is 2.67 bits per heavy atom. The van der Waals surface area contributed by atoms with Crippen LogP contribution in [0.15, 0.2) is 18.2 Å². The zero-order chi connectivity index (χ0) is 13.7. The van der Waals surface area contributed by atoms with Gasteiger partial charge in [0.1, 0.15) is 6.10 Å². The summed E-state index contributed by atoms with van der Waals surface area (Å²) in [5.41, 5.74) is 7.64. The number of carbonyl (C=O) groups excluding carboxylic acids is 1. The van der Waals surface area contributed by atoms with Gasteiger partial charge < -0.3 is 20.7 Å². The maximum Gasteiger partial charge on any atom is 0.308 e. The van der Waals surface area contributed by atoms with Crippen LogP contribution < -0.4 is 5.73 Å². The Bertz CT molecular complexity index is 419. The van der Waals surface area contributed by atoms with Crippen molar-refractivity contribution in [2.24, 2.45) is 0 Å². The zero-order valence-electron chi connectivity index (χ0n) is 10.6. The predicted octanol–water partition coefficient (Wildman–Crippen LogP) is 0.925. The highest BCUT2D eigenvalue weighted by Crippen LogP contribution is 2.23. The molecule has 4 N–H and O–H groups in total. The van der Waals surface area contributed by atoms with Gasteiger partial charge in [0.2, 0.25) is 0 Å². The Morgan fingerprint density at radius 1 is 1.44 bits per heavy atom. The molecule has 0 aliphatic rings. The van der Waals surface area contributed by atoms with Gasteiger partial charge in [0.05, 0.1) is 19.1 Å². The fraction of sp³-hybridized carbons (Fsp3) is 0.462. The van der Waals surface area contributed by atoms with Gasteiger partial charge in [-0.2, -0.15) is 0 Å². The molecule has 0 aliphatic carbocycles. The highest BCUT2D eigenvalue weighted by atomic mass is 16.5. The van der Waals surface area contributed by atoms with Crippen molar-refractivity contribution < 1.29 is 19.7 Å². The summed E-state index contributed by atoms with van der Waals surface area (Å²) in [6, 6.07) is 5.02. The van der Waals surface area contributed by atoms with E-state index in [4.69, 9.17) is 10.5 Å². The minimum absolute atomic E-state index is 0.247. The molecule has 1 aromatic carbocycles. The molecule has 0 radical (unpaired) electrons. The molecule has 1 aromatic rings. The van der Waals surface area contributed by atoms with Crippen LogP contribution >= 0.6 is 0 Å². The van der Waals surface area contributed by atoms with E-state index in [-0.39, 0.29) is 13.0 Å². The second kappa shape index (κ2) is 6.37. The standard InChI is InChI=1S/C13H19NO4/c1-3-18-12(16)7-11(15)13(17)9-5-4-8(2)10(14)6-9/h4-6,11,13,15,17H,3,7,14H2,1-2H3. The number of aliphatic hydroxyl groups is 2. The zero-order valence-corrected chi connectivity index (χ0v) is 10.6. The van der Waals surface area contributed by atoms with Crippen LogP contribution in [0.5, 0.6) is 0 Å². The summed E-state index contributed by atoms with van der Waals surface area (Å²) >= 11 is 0. The van der Waals surface area contributed by atoms with Crippen molar-refractivity contribution in [1.82, 2.24) is 0 Å². The van der Waals surface area contributed by atoms with E-state index in [1.54, 1.807) is 25.1 Å². The van der Waals surface area contributed by atoms with Crippen LogP contribution in [0.25, 0.3) is 0 Å². The van der Waals surface area contributed by atoms with Crippen molar-refractivity contribution in [3.8, 4) is 0 Å². The maximum absolute atomic E-state index is 11.2. The lowest BCUT2D eigenvalue weighted by Gasteiger charge is -2.18. The first-order valence-corrected chi connectivity index (χ1v) is 5.83. The van der Waals surface area contributed by atoms with E-state index in [0.717, 1.165) is 5.56 Å². The number of aryl methyl sites for hydroxylation is 1. The van der Waals surface area contributed by atoms with Crippen molar-refractivity contribution in [2.75, 3.05) is 12.3 Å². The fourth-order valence-electron chi connectivity index (χ4n) is 1.57. The average Bonchev–Trinajstić information content (AvgIpc) is 2.32. The molecule has 5 nitrogen and oxygen atoms in total. The van der Waals surface area contributed by atoms with Crippen molar-refractivity contribution in [3.05, 3.63) is 29.3 Å². The number of rotatable bonds is 5. The first-order valence-electron chi connectivity index (χ1n) is 5.83. The third-order valence-electron chi connectivity index (χ3n) is 2.69. The van der Waals surface area contributed by atoms with Crippen LogP contribution in [0.4, 0.5) is 5.69 Å². The van der Waals surface area contributed by atoms with Crippen molar-refractivity contribution in [2.45, 2.75) is 32.5 Å². The molecule has 18 heavy (non-hydrogen) atoms. The minimum Gasteiger partial charge on any atom is -0.466 e. The maximum atomic E-state index is 11.2. The molecule has 0 aromatic heterocycles. The van der Waals surface area contributed by atoms with Crippen LogP contribution in [-0.4, -0.2) is 28.9 Å². The molecule has 0 fully saturated rings. The number of hydrogen-bond donors (Lipinski definition) is 3. The molecule has 0 heterocycles. The Labute approximate surface area is 106 Å². The summed E-state index contributed by atoms with van der Waals surface area (Å²) in [7, 11) is 0. The molecular weight excluding hydrogens is 234 g/mol. The molecule has 0 spiro atoms. The van der Waals surface area contributed by atoms with E-state index < -0.39 is 18.2 Å². The van der Waals surface area contributed by atoms with E-state index >= 15 is 0 Å². The lowest BCUT2D eigenvalue weighted by molar-refractivity contribution is -0.147. The van der Waals surface area contributed by atoms with E-state index in [1.165, 1.54) is 0 Å². The second-order valence-electron chi connectivity index (χ2n) is 4.14. The lowest BCUT2D eigenvalue weighted by atomic mass is 10.00. The number of hydrogen-bond acceptors (Lipinski definition) is 5. The highest BCUT2D eigenvalue weighted by molar-refractivity contribution is 5.70. The summed E-state index contributed by atoms with van der Waals surface area (Å²) in [6.45, 7) is 3.78. The van der Waals surface area contributed by atoms with Crippen LogP contribution in [0.2, 0.25) is 0 Å². The summed E-state index contributed by atoms with van der Waals surface area (Å²) in [6.07, 6.45) is -2.61. The topological polar surface area (TPSA) is 92.8 Å². The molecule has 0 saturated carbocycles. The van der Waals surface area contributed by atoms with Gasteiger partial charge in [-0.15, -0.1) is 0 Å². The van der Waals surface area contributed by atoms with Crippen LogP contribution in [0.3, 0.4) is 0 Å². The largest absolute Gasteiger partial charge is 0.466 e. The summed E-state index contributed by atoms with van der Waals surface area (Å²) in [5, 5.41) is 19.6. The van der Waals surface area contributed by atoms with Crippen molar-refractivity contribution >= 4 is 11.7 Å². The number of carbonyl (C=O) groups is 1. The van der Waals surface area contributed by atoms with Crippen LogP contribution in [0.1, 0.15) is 30.6 Å². The van der Waals surface area contributed by atoms with Gasteiger partial charge >= 0.3 is 5.97 Å². The first kappa shape index (κ1) is 14.5. The molecule has 2 unspecified atom stereocenters. The van der Waals surface area contributed by atoms with Gasteiger partial charge in [-0.1, -0.05) is 12.1 Å². The first-order chi connectivity index (χ1) is 8.45. The van der Waals surface area contributed by atoms with Crippen LogP contribution in [0, 0.1) is 6.92 Å². The number of benzene rings is 1. The third-order valence-corrected chi connectivity index (χ3v) is 2.69. The van der Waals surface area contributed by atoms with Crippen LogP contribution in [-0.2, 0) is 9.53 Å². The normalized spacial score (nSPS) is 14.0. The van der Waals surface area contributed by atoms with E-state index in [0.29, 0.717) is 11.3 Å². The van der Waals surface area contributed by atoms with Crippen molar-refractivity contribution in [1.29, 1.82) is 0 Å². The van der Waals surface area contributed by atoms with Gasteiger partial charge in [-0.25, -0.2) is 0 Å². The molecule has 1 rings (SSSR count). The SMILES string of the molecule is CCOC(=O)CC(O)C(O)c1ccc(C)c(N)c1. The van der Waals surface area contributed by atoms with Gasteiger partial charge in [0.15, 0.2) is 0 Å². The highest BCUT2D eigenvalue weighted by Gasteiger charge is 2.22. The number of aliphatic hydroxyl groups excluding tert-OH is 2. The van der Waals surface area contributed by atoms with Gasteiger partial charge in [-0.05, 0) is 31.0 Å². The summed E-state index contributed by atoms with van der Waals surface area (Å²) in [4.78, 5) is 11.2. The Morgan fingerprint density at radius 2 is 2.11 bits per heavy atom. The number of nitrogen functional groups attached to an aromatic ring is 1. The van der Waals surface area contributed by atoms with Gasteiger partial charge in [-0.3, -0.25) is 4.79 Å². The quantitative estimate of drug-likeness (QED) is 0.536. The Hall–Kier alpha value is -1.59. The van der Waals surface area contributed by atoms with E-state index in [9.17, 15) is 15.0 Å². The van der Waals surface area contributed by atoms with E-state index in [1.807, 2.05) is 6.92 Å². The van der Waals surface area contributed by atoms with Crippen molar-refractivity contribution in [3.63, 3.8) is 0 Å². The smallest absolute Gasteiger partial charge is 0.308 e. The van der Waals surface area contributed by atoms with Gasteiger partial charge in [0.25, 0.3) is 0 Å². The number of nitrogens with two attached hydrogens (primary N) is 1. The number of ether oxygens (including phenoxy) is 1. The molecule has 0 amide bonds. The lowest BCUT2D eigenvalue weighted by Crippen LogP contribution is -2.23. The monoisotopic (exact) mass is 253 g/mol. The number of anilines is 1. The summed E-state index contributed by atoms with van der Waals surface area (Å²) in [5.74, 6) is -0.538. The van der Waals surface area contributed by atoms with Gasteiger partial charge in [0, 0.05) is 5.69 Å². The average molecular weight is 253 g/mol. The Balaban J connectivity index is 2.70. The summed E-state index contributed by atoms with van der Waals surface area (Å²) < 4.78 is 4.71. The second-order valence-corrected chi connectivity index (χ2v) is 4.14. The predicted molar refractivity (Wildman–Crippen MR) is 67.8 cm³/mol. The fourth-order valence-corrected chi connectivity index (χ4v) is 1.57. The molecule has 0 bridgehead atoms. The Kier molecular flexibility index (Phi) is 5.12. The molecule has 100 valence electrons.